The number of ether oxygens (including phenoxy) is 2. The third-order valence-electron chi connectivity index (χ3n) is 3.04. The fourth-order valence-corrected chi connectivity index (χ4v) is 3.21. The number of rotatable bonds is 9. The molecule has 0 spiro atoms. The minimum Gasteiger partial charge on any atom is -0.481 e. The highest BCUT2D eigenvalue weighted by atomic mass is 32.2. The van der Waals surface area contributed by atoms with Crippen molar-refractivity contribution in [3.05, 3.63) is 0 Å². The molecule has 0 amide bonds. The number of carboxylic acid groups (broad SMARTS) is 1. The number of piperidine rings is 1. The van der Waals surface area contributed by atoms with Crippen LogP contribution in [-0.2, 0) is 24.5 Å². The Morgan fingerprint density at radius 2 is 2.15 bits per heavy atom. The van der Waals surface area contributed by atoms with Gasteiger partial charge in [0.05, 0.1) is 25.7 Å². The first kappa shape index (κ1) is 17.3. The van der Waals surface area contributed by atoms with Crippen LogP contribution in [0.4, 0.5) is 0 Å². The normalized spacial score (nSPS) is 20.9. The lowest BCUT2D eigenvalue weighted by Gasteiger charge is -2.29. The van der Waals surface area contributed by atoms with Crippen molar-refractivity contribution in [1.29, 1.82) is 0 Å². The summed E-state index contributed by atoms with van der Waals surface area (Å²) in [6.45, 7) is 1.64. The molecule has 1 saturated heterocycles. The van der Waals surface area contributed by atoms with Crippen LogP contribution in [0.25, 0.3) is 0 Å². The van der Waals surface area contributed by atoms with E-state index in [1.807, 2.05) is 0 Å². The second kappa shape index (κ2) is 8.53. The predicted octanol–water partition coefficient (Wildman–Crippen LogP) is -0.720. The van der Waals surface area contributed by atoms with Crippen LogP contribution < -0.4 is 4.72 Å². The maximum atomic E-state index is 12.0. The van der Waals surface area contributed by atoms with Crippen molar-refractivity contribution in [2.45, 2.75) is 12.8 Å². The number of aliphatic carboxylic acids is 1. The molecule has 1 unspecified atom stereocenters. The van der Waals surface area contributed by atoms with E-state index in [2.05, 4.69) is 4.72 Å². The van der Waals surface area contributed by atoms with Gasteiger partial charge in [-0.05, 0) is 12.8 Å². The quantitative estimate of drug-likeness (QED) is 0.545. The summed E-state index contributed by atoms with van der Waals surface area (Å²) in [6.07, 6.45) is 1.07. The maximum absolute atomic E-state index is 12.0. The molecular weight excluding hydrogens is 288 g/mol. The van der Waals surface area contributed by atoms with Crippen LogP contribution in [0, 0.1) is 5.92 Å². The Morgan fingerprint density at radius 1 is 1.40 bits per heavy atom. The fraction of sp³-hybridized carbons (Fsp3) is 0.909. The predicted molar refractivity (Wildman–Crippen MR) is 71.6 cm³/mol. The first-order valence-corrected chi connectivity index (χ1v) is 7.95. The molecule has 1 aliphatic rings. The van der Waals surface area contributed by atoms with Crippen molar-refractivity contribution < 1.29 is 27.8 Å². The average Bonchev–Trinajstić information content (AvgIpc) is 2.43. The van der Waals surface area contributed by atoms with E-state index in [4.69, 9.17) is 14.6 Å². The number of hydrogen-bond acceptors (Lipinski definition) is 5. The number of carbonyl (C=O) groups is 1. The highest BCUT2D eigenvalue weighted by Crippen LogP contribution is 2.18. The summed E-state index contributed by atoms with van der Waals surface area (Å²) in [5, 5.41) is 8.94. The van der Waals surface area contributed by atoms with E-state index in [1.165, 1.54) is 4.31 Å². The molecule has 0 aromatic carbocycles. The van der Waals surface area contributed by atoms with Crippen LogP contribution in [0.3, 0.4) is 0 Å². The molecule has 1 fully saturated rings. The molecule has 9 heteroatoms. The van der Waals surface area contributed by atoms with Crippen molar-refractivity contribution in [3.63, 3.8) is 0 Å². The molecule has 2 N–H and O–H groups in total. The monoisotopic (exact) mass is 310 g/mol. The molecule has 0 radical (unpaired) electrons. The van der Waals surface area contributed by atoms with E-state index in [9.17, 15) is 13.2 Å². The third kappa shape index (κ3) is 5.71. The van der Waals surface area contributed by atoms with Gasteiger partial charge >= 0.3 is 5.97 Å². The van der Waals surface area contributed by atoms with Crippen molar-refractivity contribution in [1.82, 2.24) is 9.03 Å². The summed E-state index contributed by atoms with van der Waals surface area (Å²) < 4.78 is 37.5. The van der Waals surface area contributed by atoms with Gasteiger partial charge in [-0.2, -0.15) is 17.4 Å². The van der Waals surface area contributed by atoms with E-state index in [0.717, 1.165) is 0 Å². The van der Waals surface area contributed by atoms with Crippen LogP contribution in [0.1, 0.15) is 12.8 Å². The van der Waals surface area contributed by atoms with E-state index in [1.54, 1.807) is 7.11 Å². The lowest BCUT2D eigenvalue weighted by Crippen LogP contribution is -2.48. The van der Waals surface area contributed by atoms with Gasteiger partial charge in [-0.15, -0.1) is 0 Å². The van der Waals surface area contributed by atoms with Gasteiger partial charge in [0, 0.05) is 26.7 Å². The summed E-state index contributed by atoms with van der Waals surface area (Å²) in [7, 11) is -2.08. The molecule has 1 aliphatic heterocycles. The number of hydrogen-bond donors (Lipinski definition) is 2. The lowest BCUT2D eigenvalue weighted by atomic mass is 10.0. The van der Waals surface area contributed by atoms with E-state index in [-0.39, 0.29) is 19.7 Å². The Bertz CT molecular complexity index is 400. The van der Waals surface area contributed by atoms with Crippen molar-refractivity contribution in [3.8, 4) is 0 Å². The molecule has 0 saturated carbocycles. The van der Waals surface area contributed by atoms with E-state index in [0.29, 0.717) is 32.6 Å². The molecule has 0 aliphatic carbocycles. The van der Waals surface area contributed by atoms with Crippen LogP contribution >= 0.6 is 0 Å². The van der Waals surface area contributed by atoms with Gasteiger partial charge in [-0.1, -0.05) is 0 Å². The molecule has 0 bridgehead atoms. The van der Waals surface area contributed by atoms with Crippen LogP contribution in [0.15, 0.2) is 0 Å². The van der Waals surface area contributed by atoms with Gasteiger partial charge in [0.2, 0.25) is 0 Å². The van der Waals surface area contributed by atoms with Gasteiger partial charge < -0.3 is 14.6 Å². The van der Waals surface area contributed by atoms with E-state index < -0.39 is 22.1 Å². The first-order chi connectivity index (χ1) is 9.47. The summed E-state index contributed by atoms with van der Waals surface area (Å²) in [5.41, 5.74) is 0. The molecular formula is C11H22N2O6S. The minimum atomic E-state index is -3.63. The van der Waals surface area contributed by atoms with E-state index >= 15 is 0 Å². The summed E-state index contributed by atoms with van der Waals surface area (Å²) in [5.74, 6) is -1.58. The molecule has 1 atom stereocenters. The van der Waals surface area contributed by atoms with Crippen LogP contribution in [0.2, 0.25) is 0 Å². The molecule has 1 rings (SSSR count). The number of nitrogens with zero attached hydrogens (tertiary/aromatic N) is 1. The van der Waals surface area contributed by atoms with Gasteiger partial charge in [-0.3, -0.25) is 4.79 Å². The highest BCUT2D eigenvalue weighted by Gasteiger charge is 2.31. The Morgan fingerprint density at radius 3 is 2.80 bits per heavy atom. The average molecular weight is 310 g/mol. The Hall–Kier alpha value is -0.740. The van der Waals surface area contributed by atoms with Crippen molar-refractivity contribution >= 4 is 16.2 Å². The SMILES string of the molecule is COCCOCCNS(=O)(=O)N1CCCC(C(=O)O)C1. The molecule has 8 nitrogen and oxygen atoms in total. The summed E-state index contributed by atoms with van der Waals surface area (Å²) in [4.78, 5) is 10.9. The van der Waals surface area contributed by atoms with Gasteiger partial charge in [0.15, 0.2) is 0 Å². The van der Waals surface area contributed by atoms with Gasteiger partial charge in [0.1, 0.15) is 0 Å². The Kier molecular flexibility index (Phi) is 7.38. The second-order valence-corrected chi connectivity index (χ2v) is 6.30. The Balaban J connectivity index is 2.34. The van der Waals surface area contributed by atoms with Crippen molar-refractivity contribution in [2.75, 3.05) is 46.6 Å². The standard InChI is InChI=1S/C11H22N2O6S/c1-18-7-8-19-6-4-12-20(16,17)13-5-2-3-10(9-13)11(14)15/h10,12H,2-9H2,1H3,(H,14,15). The topological polar surface area (TPSA) is 105 Å². The Labute approximate surface area is 119 Å². The number of methoxy groups -OCH3 is 1. The number of carboxylic acids is 1. The first-order valence-electron chi connectivity index (χ1n) is 6.51. The summed E-state index contributed by atoms with van der Waals surface area (Å²) in [6, 6.07) is 0. The molecule has 118 valence electrons. The van der Waals surface area contributed by atoms with Gasteiger partial charge in [-0.25, -0.2) is 0 Å². The molecule has 20 heavy (non-hydrogen) atoms. The van der Waals surface area contributed by atoms with Crippen LogP contribution in [0.5, 0.6) is 0 Å². The van der Waals surface area contributed by atoms with Crippen molar-refractivity contribution in [2.24, 2.45) is 5.92 Å². The summed E-state index contributed by atoms with van der Waals surface area (Å²) >= 11 is 0. The largest absolute Gasteiger partial charge is 0.481 e. The zero-order valence-corrected chi connectivity index (χ0v) is 12.4. The maximum Gasteiger partial charge on any atom is 0.307 e. The third-order valence-corrected chi connectivity index (χ3v) is 4.62. The lowest BCUT2D eigenvalue weighted by molar-refractivity contribution is -0.142. The molecule has 1 heterocycles. The van der Waals surface area contributed by atoms with Gasteiger partial charge in [0.25, 0.3) is 10.2 Å². The molecule has 0 aromatic rings. The minimum absolute atomic E-state index is 0.0230. The van der Waals surface area contributed by atoms with Crippen LogP contribution in [-0.4, -0.2) is 70.4 Å². The molecule has 0 aromatic heterocycles. The fourth-order valence-electron chi connectivity index (χ4n) is 1.94. The smallest absolute Gasteiger partial charge is 0.307 e. The number of nitrogens with one attached hydrogen (secondary N) is 1. The zero-order chi connectivity index (χ0) is 15.0. The zero-order valence-electron chi connectivity index (χ0n) is 11.6. The second-order valence-electron chi connectivity index (χ2n) is 4.54. The highest BCUT2D eigenvalue weighted by molar-refractivity contribution is 7.87.